The van der Waals surface area contributed by atoms with Crippen molar-refractivity contribution in [2.75, 3.05) is 54.1 Å². The first-order valence-electron chi connectivity index (χ1n) is 14.3. The molecular weight excluding hydrogens is 565 g/mol. The topological polar surface area (TPSA) is 190 Å². The van der Waals surface area contributed by atoms with E-state index in [4.69, 9.17) is 28.0 Å². The molecule has 41 heavy (non-hydrogen) atoms. The highest BCUT2D eigenvalue weighted by Crippen LogP contribution is 2.39. The molecule has 0 amide bonds. The zero-order valence-electron chi connectivity index (χ0n) is 25.0. The summed E-state index contributed by atoms with van der Waals surface area (Å²) in [5, 5.41) is 31.0. The molecule has 1 heterocycles. The molecule has 1 aliphatic rings. The number of esters is 2. The van der Waals surface area contributed by atoms with E-state index in [1.165, 1.54) is 0 Å². The van der Waals surface area contributed by atoms with Gasteiger partial charge in [-0.2, -0.15) is 0 Å². The molecule has 0 saturated carbocycles. The number of carbonyl (C=O) groups excluding carboxylic acids is 2. The third-order valence-corrected chi connectivity index (χ3v) is 7.18. The zero-order chi connectivity index (χ0) is 31.1. The molecule has 1 aliphatic heterocycles. The summed E-state index contributed by atoms with van der Waals surface area (Å²) in [7, 11) is 0.811. The van der Waals surface area contributed by atoms with Crippen molar-refractivity contribution >= 4 is 19.8 Å². The fraction of sp³-hybridized carbons (Fsp3) is 0.923. The van der Waals surface area contributed by atoms with Gasteiger partial charge in [-0.25, -0.2) is 0 Å². The summed E-state index contributed by atoms with van der Waals surface area (Å²) in [5.41, 5.74) is 0. The number of hydrogen-bond donors (Lipinski definition) is 3. The van der Waals surface area contributed by atoms with E-state index in [9.17, 15) is 34.4 Å². The van der Waals surface area contributed by atoms with Gasteiger partial charge in [0.2, 0.25) is 0 Å². The van der Waals surface area contributed by atoms with Crippen LogP contribution in [0.2, 0.25) is 0 Å². The van der Waals surface area contributed by atoms with Gasteiger partial charge in [0.1, 0.15) is 44.2 Å². The summed E-state index contributed by atoms with van der Waals surface area (Å²) in [6.07, 6.45) is -3.97. The molecule has 0 aromatic carbocycles. The first-order valence-corrected chi connectivity index (χ1v) is 15.7. The SMILES string of the molecule is CCCCCC(=O)OC[C@H](CO[C@H]1O[C@H](COP(=O)([O-])OCC[N+](C)(C)C)[C@@H](O)[C@H](O)[C@H]1O)OC(=O)CCCCC. The summed E-state index contributed by atoms with van der Waals surface area (Å²) in [6.45, 7) is 2.86. The minimum atomic E-state index is -4.76. The number of likely N-dealkylation sites (N-methyl/N-ethyl adjacent to an activating group) is 1. The van der Waals surface area contributed by atoms with Crippen molar-refractivity contribution in [2.45, 2.75) is 102 Å². The van der Waals surface area contributed by atoms with Crippen molar-refractivity contribution in [3.63, 3.8) is 0 Å². The highest BCUT2D eigenvalue weighted by Gasteiger charge is 2.45. The van der Waals surface area contributed by atoms with E-state index < -0.39 is 63.2 Å². The minimum Gasteiger partial charge on any atom is -0.756 e. The Morgan fingerprint density at radius 2 is 1.51 bits per heavy atom. The molecule has 1 fully saturated rings. The third-order valence-electron chi connectivity index (χ3n) is 6.22. The maximum Gasteiger partial charge on any atom is 0.306 e. The summed E-state index contributed by atoms with van der Waals surface area (Å²) in [4.78, 5) is 36.5. The Balaban J connectivity index is 2.76. The molecule has 1 saturated heterocycles. The molecule has 3 N–H and O–H groups in total. The minimum absolute atomic E-state index is 0.132. The number of hydrogen-bond acceptors (Lipinski definition) is 13. The lowest BCUT2D eigenvalue weighted by Crippen LogP contribution is -2.59. The Morgan fingerprint density at radius 3 is 2.10 bits per heavy atom. The van der Waals surface area contributed by atoms with Gasteiger partial charge in [-0.05, 0) is 12.8 Å². The van der Waals surface area contributed by atoms with Crippen molar-refractivity contribution in [3.8, 4) is 0 Å². The lowest BCUT2D eigenvalue weighted by molar-refractivity contribution is -0.870. The van der Waals surface area contributed by atoms with Gasteiger partial charge in [0.15, 0.2) is 12.4 Å². The number of aliphatic hydroxyl groups is 3. The number of aliphatic hydroxyl groups excluding tert-OH is 3. The fourth-order valence-electron chi connectivity index (χ4n) is 3.68. The molecule has 0 bridgehead atoms. The Kier molecular flexibility index (Phi) is 17.7. The second-order valence-corrected chi connectivity index (χ2v) is 12.6. The molecule has 15 heteroatoms. The van der Waals surface area contributed by atoms with Crippen LogP contribution in [0.15, 0.2) is 0 Å². The number of ether oxygens (including phenoxy) is 4. The van der Waals surface area contributed by atoms with Gasteiger partial charge in [0.25, 0.3) is 7.82 Å². The van der Waals surface area contributed by atoms with Crippen molar-refractivity contribution in [3.05, 3.63) is 0 Å². The molecule has 0 spiro atoms. The fourth-order valence-corrected chi connectivity index (χ4v) is 4.39. The van der Waals surface area contributed by atoms with Crippen LogP contribution in [0.5, 0.6) is 0 Å². The highest BCUT2D eigenvalue weighted by molar-refractivity contribution is 7.45. The van der Waals surface area contributed by atoms with E-state index in [2.05, 4.69) is 0 Å². The van der Waals surface area contributed by atoms with Gasteiger partial charge in [0.05, 0.1) is 34.4 Å². The molecule has 1 unspecified atom stereocenters. The average molecular weight is 616 g/mol. The molecule has 14 nitrogen and oxygen atoms in total. The normalized spacial score (nSPS) is 25.3. The Labute approximate surface area is 243 Å². The van der Waals surface area contributed by atoms with Crippen molar-refractivity contribution in [1.82, 2.24) is 0 Å². The number of carbonyl (C=O) groups is 2. The summed E-state index contributed by atoms with van der Waals surface area (Å²) >= 11 is 0. The van der Waals surface area contributed by atoms with E-state index in [0.717, 1.165) is 25.7 Å². The average Bonchev–Trinajstić information content (AvgIpc) is 2.88. The molecule has 242 valence electrons. The Hall–Kier alpha value is -1.19. The van der Waals surface area contributed by atoms with Crippen LogP contribution in [-0.2, 0) is 42.1 Å². The standard InChI is InChI=1S/C26H50NO13P/c1-6-8-10-12-21(28)35-16-19(39-22(29)13-11-9-7-2)17-36-26-25(32)24(31)23(30)20(40-26)18-38-41(33,34)37-15-14-27(3,4)5/h19-20,23-26,30-32H,6-18H2,1-5H3/t19-,20-,23-,24+,25-,26+/m1/s1. The van der Waals surface area contributed by atoms with Crippen molar-refractivity contribution in [2.24, 2.45) is 0 Å². The number of nitrogens with zero attached hydrogens (tertiary/aromatic N) is 1. The highest BCUT2D eigenvalue weighted by atomic mass is 31.2. The van der Waals surface area contributed by atoms with Gasteiger partial charge in [-0.1, -0.05) is 39.5 Å². The molecule has 0 radical (unpaired) electrons. The number of quaternary nitrogens is 1. The predicted octanol–water partition coefficient (Wildman–Crippen LogP) is 0.634. The van der Waals surface area contributed by atoms with Crippen LogP contribution in [0.25, 0.3) is 0 Å². The van der Waals surface area contributed by atoms with E-state index in [-0.39, 0.29) is 32.7 Å². The lowest BCUT2D eigenvalue weighted by Gasteiger charge is -2.41. The van der Waals surface area contributed by atoms with E-state index in [0.29, 0.717) is 23.9 Å². The first-order chi connectivity index (χ1) is 19.2. The van der Waals surface area contributed by atoms with Crippen LogP contribution in [0.1, 0.15) is 65.2 Å². The lowest BCUT2D eigenvalue weighted by atomic mass is 9.99. The van der Waals surface area contributed by atoms with E-state index in [1.807, 2.05) is 35.0 Å². The second kappa shape index (κ2) is 19.2. The molecule has 0 aromatic rings. The van der Waals surface area contributed by atoms with Crippen LogP contribution >= 0.6 is 7.82 Å². The number of unbranched alkanes of at least 4 members (excludes halogenated alkanes) is 4. The van der Waals surface area contributed by atoms with E-state index >= 15 is 0 Å². The van der Waals surface area contributed by atoms with Crippen molar-refractivity contribution in [1.29, 1.82) is 0 Å². The Bertz CT molecular complexity index is 809. The zero-order valence-corrected chi connectivity index (χ0v) is 25.9. The maximum atomic E-state index is 12.3. The van der Waals surface area contributed by atoms with Gasteiger partial charge < -0.3 is 52.7 Å². The monoisotopic (exact) mass is 615 g/mol. The molecule has 0 aromatic heterocycles. The van der Waals surface area contributed by atoms with Crippen LogP contribution < -0.4 is 4.89 Å². The summed E-state index contributed by atoms with van der Waals surface area (Å²) in [5.74, 6) is -0.974. The predicted molar refractivity (Wildman–Crippen MR) is 144 cm³/mol. The third kappa shape index (κ3) is 16.3. The van der Waals surface area contributed by atoms with Crippen LogP contribution in [-0.4, -0.2) is 123 Å². The number of phosphoric ester groups is 1. The molecule has 0 aliphatic carbocycles. The molecule has 1 rings (SSSR count). The molecular formula is C26H50NO13P. The van der Waals surface area contributed by atoms with Gasteiger partial charge in [-0.15, -0.1) is 0 Å². The van der Waals surface area contributed by atoms with Crippen molar-refractivity contribution < 1.29 is 66.8 Å². The first kappa shape index (κ1) is 37.8. The van der Waals surface area contributed by atoms with Crippen LogP contribution in [0.3, 0.4) is 0 Å². The van der Waals surface area contributed by atoms with Gasteiger partial charge >= 0.3 is 11.9 Å². The quantitative estimate of drug-likeness (QED) is 0.0706. The second-order valence-electron chi connectivity index (χ2n) is 11.1. The number of phosphoric acid groups is 1. The summed E-state index contributed by atoms with van der Waals surface area (Å²) < 4.78 is 43.9. The maximum absolute atomic E-state index is 12.3. The van der Waals surface area contributed by atoms with E-state index in [1.54, 1.807) is 0 Å². The smallest absolute Gasteiger partial charge is 0.306 e. The van der Waals surface area contributed by atoms with Gasteiger partial charge in [0, 0.05) is 12.8 Å². The Morgan fingerprint density at radius 1 is 0.902 bits per heavy atom. The largest absolute Gasteiger partial charge is 0.756 e. The van der Waals surface area contributed by atoms with Crippen LogP contribution in [0.4, 0.5) is 0 Å². The molecule has 7 atom stereocenters. The summed E-state index contributed by atoms with van der Waals surface area (Å²) in [6, 6.07) is 0. The van der Waals surface area contributed by atoms with Crippen LogP contribution in [0, 0.1) is 0 Å². The van der Waals surface area contributed by atoms with Gasteiger partial charge in [-0.3, -0.25) is 14.2 Å². The number of rotatable bonds is 21.